The Bertz CT molecular complexity index is 573. The SMILES string of the molecule is CSc1nc(NN)cc(Nc2ccc(Br)c(Cl)c2)n1. The minimum absolute atomic E-state index is 0.546. The van der Waals surface area contributed by atoms with Crippen molar-refractivity contribution in [1.29, 1.82) is 0 Å². The van der Waals surface area contributed by atoms with Crippen molar-refractivity contribution in [3.63, 3.8) is 0 Å². The van der Waals surface area contributed by atoms with Crippen molar-refractivity contribution in [2.24, 2.45) is 5.84 Å². The maximum absolute atomic E-state index is 6.04. The highest BCUT2D eigenvalue weighted by Gasteiger charge is 2.05. The number of benzene rings is 1. The van der Waals surface area contributed by atoms with Crippen molar-refractivity contribution in [2.45, 2.75) is 5.16 Å². The number of halogens is 2. The lowest BCUT2D eigenvalue weighted by atomic mass is 10.3. The first-order chi connectivity index (χ1) is 9.12. The molecule has 1 heterocycles. The van der Waals surface area contributed by atoms with Crippen molar-refractivity contribution in [2.75, 3.05) is 17.0 Å². The predicted molar refractivity (Wildman–Crippen MR) is 84.1 cm³/mol. The fraction of sp³-hybridized carbons (Fsp3) is 0.0909. The number of nitrogens with two attached hydrogens (primary N) is 1. The number of rotatable bonds is 4. The summed E-state index contributed by atoms with van der Waals surface area (Å²) in [5.41, 5.74) is 3.35. The minimum atomic E-state index is 0.546. The second kappa shape index (κ2) is 6.42. The van der Waals surface area contributed by atoms with Gasteiger partial charge >= 0.3 is 0 Å². The number of hydrazine groups is 1. The summed E-state index contributed by atoms with van der Waals surface area (Å²) >= 11 is 10.8. The lowest BCUT2D eigenvalue weighted by molar-refractivity contribution is 0.971. The summed E-state index contributed by atoms with van der Waals surface area (Å²) < 4.78 is 0.844. The van der Waals surface area contributed by atoms with Crippen LogP contribution in [0.15, 0.2) is 33.9 Å². The van der Waals surface area contributed by atoms with Crippen LogP contribution in [0.1, 0.15) is 0 Å². The molecule has 100 valence electrons. The summed E-state index contributed by atoms with van der Waals surface area (Å²) in [5, 5.41) is 4.41. The first-order valence-electron chi connectivity index (χ1n) is 5.24. The van der Waals surface area contributed by atoms with Crippen LogP contribution < -0.4 is 16.6 Å². The van der Waals surface area contributed by atoms with Gasteiger partial charge in [0.05, 0.1) is 5.02 Å². The summed E-state index contributed by atoms with van der Waals surface area (Å²) in [6, 6.07) is 7.29. The predicted octanol–water partition coefficient (Wildman–Crippen LogP) is 3.64. The Morgan fingerprint density at radius 2 is 2.00 bits per heavy atom. The van der Waals surface area contributed by atoms with Crippen molar-refractivity contribution in [1.82, 2.24) is 9.97 Å². The largest absolute Gasteiger partial charge is 0.340 e. The third kappa shape index (κ3) is 3.73. The molecular formula is C11H11BrClN5S. The highest BCUT2D eigenvalue weighted by molar-refractivity contribution is 9.10. The van der Waals surface area contributed by atoms with E-state index < -0.39 is 0 Å². The second-order valence-electron chi connectivity index (χ2n) is 3.52. The van der Waals surface area contributed by atoms with Gasteiger partial charge in [0.2, 0.25) is 0 Å². The Morgan fingerprint density at radius 3 is 2.63 bits per heavy atom. The van der Waals surface area contributed by atoms with E-state index >= 15 is 0 Å². The number of aromatic nitrogens is 2. The normalized spacial score (nSPS) is 10.3. The van der Waals surface area contributed by atoms with Gasteiger partial charge in [0.1, 0.15) is 11.6 Å². The third-order valence-electron chi connectivity index (χ3n) is 2.23. The van der Waals surface area contributed by atoms with Crippen LogP contribution in [0.5, 0.6) is 0 Å². The lowest BCUT2D eigenvalue weighted by Gasteiger charge is -2.09. The van der Waals surface area contributed by atoms with Gasteiger partial charge in [-0.25, -0.2) is 15.8 Å². The summed E-state index contributed by atoms with van der Waals surface area (Å²) in [5.74, 6) is 6.57. The van der Waals surface area contributed by atoms with Gasteiger partial charge in [-0.05, 0) is 40.4 Å². The fourth-order valence-electron chi connectivity index (χ4n) is 1.38. The van der Waals surface area contributed by atoms with Gasteiger partial charge in [-0.1, -0.05) is 23.4 Å². The van der Waals surface area contributed by atoms with E-state index in [1.165, 1.54) is 11.8 Å². The van der Waals surface area contributed by atoms with Crippen LogP contribution in [-0.4, -0.2) is 16.2 Å². The average Bonchev–Trinajstić information content (AvgIpc) is 2.42. The minimum Gasteiger partial charge on any atom is -0.340 e. The molecule has 1 aromatic carbocycles. The summed E-state index contributed by atoms with van der Waals surface area (Å²) in [4.78, 5) is 8.52. The summed E-state index contributed by atoms with van der Waals surface area (Å²) in [6.07, 6.45) is 1.90. The zero-order valence-corrected chi connectivity index (χ0v) is 13.1. The number of anilines is 3. The molecule has 0 radical (unpaired) electrons. The molecule has 0 aliphatic rings. The molecule has 0 saturated carbocycles. The van der Waals surface area contributed by atoms with E-state index in [1.807, 2.05) is 24.5 Å². The molecule has 0 bridgehead atoms. The van der Waals surface area contributed by atoms with E-state index in [-0.39, 0.29) is 0 Å². The van der Waals surface area contributed by atoms with Gasteiger partial charge < -0.3 is 10.7 Å². The Labute approximate surface area is 128 Å². The molecule has 0 amide bonds. The van der Waals surface area contributed by atoms with E-state index in [9.17, 15) is 0 Å². The molecule has 0 saturated heterocycles. The summed E-state index contributed by atoms with van der Waals surface area (Å²) in [7, 11) is 0. The smallest absolute Gasteiger partial charge is 0.191 e. The van der Waals surface area contributed by atoms with Crippen molar-refractivity contribution < 1.29 is 0 Å². The first kappa shape index (κ1) is 14.4. The van der Waals surface area contributed by atoms with Crippen LogP contribution in [0, 0.1) is 0 Å². The molecule has 2 rings (SSSR count). The maximum Gasteiger partial charge on any atom is 0.191 e. The Hall–Kier alpha value is -1.02. The monoisotopic (exact) mass is 359 g/mol. The second-order valence-corrected chi connectivity index (χ2v) is 5.56. The summed E-state index contributed by atoms with van der Waals surface area (Å²) in [6.45, 7) is 0. The number of thioether (sulfide) groups is 1. The van der Waals surface area contributed by atoms with E-state index in [0.29, 0.717) is 21.8 Å². The molecule has 2 aromatic rings. The molecule has 0 spiro atoms. The van der Waals surface area contributed by atoms with Crippen molar-refractivity contribution in [3.05, 3.63) is 33.8 Å². The van der Waals surface area contributed by atoms with E-state index in [1.54, 1.807) is 6.07 Å². The first-order valence-corrected chi connectivity index (χ1v) is 7.63. The van der Waals surface area contributed by atoms with Gasteiger partial charge in [-0.2, -0.15) is 0 Å². The van der Waals surface area contributed by atoms with Gasteiger partial charge in [-0.3, -0.25) is 0 Å². The molecule has 0 unspecified atom stereocenters. The molecule has 1 aromatic heterocycles. The number of hydrogen-bond acceptors (Lipinski definition) is 6. The Balaban J connectivity index is 2.29. The zero-order chi connectivity index (χ0) is 13.8. The van der Waals surface area contributed by atoms with Crippen LogP contribution in [0.25, 0.3) is 0 Å². The van der Waals surface area contributed by atoms with E-state index in [4.69, 9.17) is 17.4 Å². The van der Waals surface area contributed by atoms with E-state index in [0.717, 1.165) is 10.2 Å². The van der Waals surface area contributed by atoms with Gasteiger partial charge in [-0.15, -0.1) is 0 Å². The molecule has 0 aliphatic carbocycles. The highest BCUT2D eigenvalue weighted by atomic mass is 79.9. The molecule has 19 heavy (non-hydrogen) atoms. The number of nitrogens with one attached hydrogen (secondary N) is 2. The van der Waals surface area contributed by atoms with E-state index in [2.05, 4.69) is 36.6 Å². The van der Waals surface area contributed by atoms with Crippen molar-refractivity contribution >= 4 is 56.6 Å². The van der Waals surface area contributed by atoms with Crippen LogP contribution in [0.4, 0.5) is 17.3 Å². The zero-order valence-electron chi connectivity index (χ0n) is 9.95. The number of nitrogen functional groups attached to an aromatic ring is 1. The molecule has 8 heteroatoms. The van der Waals surface area contributed by atoms with Crippen molar-refractivity contribution in [3.8, 4) is 0 Å². The van der Waals surface area contributed by atoms with Gasteiger partial charge in [0.15, 0.2) is 5.16 Å². The molecule has 0 fully saturated rings. The third-order valence-corrected chi connectivity index (χ3v) is 4.01. The molecule has 5 nitrogen and oxygen atoms in total. The fourth-order valence-corrected chi connectivity index (χ4v) is 2.18. The molecular weight excluding hydrogens is 350 g/mol. The Kier molecular flexibility index (Phi) is 4.87. The van der Waals surface area contributed by atoms with Crippen LogP contribution in [0.3, 0.4) is 0 Å². The average molecular weight is 361 g/mol. The highest BCUT2D eigenvalue weighted by Crippen LogP contribution is 2.27. The molecule has 0 aliphatic heterocycles. The number of hydrogen-bond donors (Lipinski definition) is 3. The maximum atomic E-state index is 6.04. The van der Waals surface area contributed by atoms with Crippen LogP contribution in [0.2, 0.25) is 5.02 Å². The van der Waals surface area contributed by atoms with Crippen LogP contribution >= 0.6 is 39.3 Å². The topological polar surface area (TPSA) is 75.9 Å². The lowest BCUT2D eigenvalue weighted by Crippen LogP contribution is -2.10. The standard InChI is InChI=1S/C11H11BrClN5S/c1-19-11-16-9(5-10(17-11)18-14)15-6-2-3-7(12)8(13)4-6/h2-5H,14H2,1H3,(H2,15,16,17,18). The van der Waals surface area contributed by atoms with Crippen LogP contribution in [-0.2, 0) is 0 Å². The van der Waals surface area contributed by atoms with Gasteiger partial charge in [0.25, 0.3) is 0 Å². The quantitative estimate of drug-likeness (QED) is 0.334. The molecule has 0 atom stereocenters. The molecule has 4 N–H and O–H groups in total. The Morgan fingerprint density at radius 1 is 1.26 bits per heavy atom. The number of nitrogens with zero attached hydrogens (tertiary/aromatic N) is 2. The van der Waals surface area contributed by atoms with Gasteiger partial charge in [0, 0.05) is 16.2 Å².